The second-order valence-corrected chi connectivity index (χ2v) is 6.65. The Hall–Kier alpha value is -2.74. The van der Waals surface area contributed by atoms with E-state index >= 15 is 0 Å². The monoisotopic (exact) mass is 356 g/mol. The van der Waals surface area contributed by atoms with E-state index in [1.54, 1.807) is 31.0 Å². The number of aromatic nitrogens is 3. The summed E-state index contributed by atoms with van der Waals surface area (Å²) in [7, 11) is 3.36. The third-order valence-electron chi connectivity index (χ3n) is 4.66. The Bertz CT molecular complexity index is 788. The summed E-state index contributed by atoms with van der Waals surface area (Å²) in [4.78, 5) is 31.2. The van der Waals surface area contributed by atoms with Gasteiger partial charge in [0.05, 0.1) is 17.7 Å². The molecule has 8 nitrogen and oxygen atoms in total. The molecule has 0 radical (unpaired) electrons. The molecular formula is C18H24N6O2. The van der Waals surface area contributed by atoms with Gasteiger partial charge in [0, 0.05) is 46.1 Å². The number of hydrogen-bond acceptors (Lipinski definition) is 5. The van der Waals surface area contributed by atoms with E-state index in [4.69, 9.17) is 0 Å². The van der Waals surface area contributed by atoms with Gasteiger partial charge in [-0.3, -0.25) is 24.2 Å². The third-order valence-corrected chi connectivity index (χ3v) is 4.66. The van der Waals surface area contributed by atoms with Crippen molar-refractivity contribution < 1.29 is 9.59 Å². The summed E-state index contributed by atoms with van der Waals surface area (Å²) in [5, 5.41) is 9.92. The van der Waals surface area contributed by atoms with Gasteiger partial charge in [-0.25, -0.2) is 0 Å². The van der Waals surface area contributed by atoms with Gasteiger partial charge in [0.15, 0.2) is 0 Å². The number of carbonyl (C=O) groups is 2. The van der Waals surface area contributed by atoms with Crippen LogP contribution in [0.3, 0.4) is 0 Å². The van der Waals surface area contributed by atoms with Gasteiger partial charge in [-0.05, 0) is 24.6 Å². The molecule has 2 aromatic heterocycles. The van der Waals surface area contributed by atoms with Crippen molar-refractivity contribution in [3.63, 3.8) is 0 Å². The fourth-order valence-corrected chi connectivity index (χ4v) is 3.43. The molecule has 2 amide bonds. The molecule has 0 saturated carbocycles. The van der Waals surface area contributed by atoms with Crippen LogP contribution in [0.15, 0.2) is 30.6 Å². The number of amides is 2. The van der Waals surface area contributed by atoms with Gasteiger partial charge in [-0.15, -0.1) is 0 Å². The predicted molar refractivity (Wildman–Crippen MR) is 96.3 cm³/mol. The fraction of sp³-hybridized carbons (Fsp3) is 0.444. The average Bonchev–Trinajstić information content (AvgIpc) is 3.17. The lowest BCUT2D eigenvalue weighted by atomic mass is 10.0. The van der Waals surface area contributed by atoms with Crippen molar-refractivity contribution in [1.29, 1.82) is 0 Å². The van der Waals surface area contributed by atoms with Gasteiger partial charge in [0.25, 0.3) is 5.91 Å². The lowest BCUT2D eigenvalue weighted by Gasteiger charge is -2.18. The van der Waals surface area contributed by atoms with Crippen LogP contribution < -0.4 is 10.6 Å². The molecule has 1 aliphatic heterocycles. The Labute approximate surface area is 152 Å². The Morgan fingerprint density at radius 3 is 2.77 bits per heavy atom. The number of rotatable bonds is 5. The van der Waals surface area contributed by atoms with Crippen molar-refractivity contribution in [2.45, 2.75) is 19.5 Å². The summed E-state index contributed by atoms with van der Waals surface area (Å²) < 4.78 is 1.56. The van der Waals surface area contributed by atoms with Crippen LogP contribution in [0.25, 0.3) is 0 Å². The van der Waals surface area contributed by atoms with E-state index in [0.717, 1.165) is 11.3 Å². The number of nitrogens with zero attached hydrogens (tertiary/aromatic N) is 4. The first-order chi connectivity index (χ1) is 12.5. The Balaban J connectivity index is 1.72. The Kier molecular flexibility index (Phi) is 5.32. The molecule has 2 N–H and O–H groups in total. The molecule has 26 heavy (non-hydrogen) atoms. The molecule has 2 aromatic rings. The maximum atomic E-state index is 12.6. The molecule has 138 valence electrons. The molecule has 0 aromatic carbocycles. The van der Waals surface area contributed by atoms with Gasteiger partial charge in [0.2, 0.25) is 5.91 Å². The molecule has 0 bridgehead atoms. The standard InChI is InChI=1S/C18H24N6O2/c1-12-7-16(23(3)22-12)18(26)21-15-11-24(10-14(15)17(25)19-2)9-13-5-4-6-20-8-13/h4-8,14-15H,9-11H2,1-3H3,(H,19,25)(H,21,26)/t14-,15-/m0/s1. The smallest absolute Gasteiger partial charge is 0.269 e. The number of nitrogens with one attached hydrogen (secondary N) is 2. The second kappa shape index (κ2) is 7.65. The SMILES string of the molecule is CNC(=O)[C@H]1CN(Cc2cccnc2)C[C@@H]1NC(=O)c1cc(C)nn1C. The number of hydrogen-bond donors (Lipinski definition) is 2. The first kappa shape index (κ1) is 18.1. The van der Waals surface area contributed by atoms with Gasteiger partial charge in [-0.1, -0.05) is 6.07 Å². The van der Waals surface area contributed by atoms with Gasteiger partial charge in [0.1, 0.15) is 5.69 Å². The molecule has 1 saturated heterocycles. The first-order valence-corrected chi connectivity index (χ1v) is 8.62. The summed E-state index contributed by atoms with van der Waals surface area (Å²) in [5.74, 6) is -0.574. The van der Waals surface area contributed by atoms with E-state index in [2.05, 4.69) is 25.6 Å². The van der Waals surface area contributed by atoms with E-state index in [9.17, 15) is 9.59 Å². The second-order valence-electron chi connectivity index (χ2n) is 6.65. The number of pyridine rings is 1. The normalized spacial score (nSPS) is 20.1. The summed E-state index contributed by atoms with van der Waals surface area (Å²) in [5.41, 5.74) is 2.35. The number of carbonyl (C=O) groups excluding carboxylic acids is 2. The van der Waals surface area contributed by atoms with E-state index in [1.165, 1.54) is 0 Å². The number of aryl methyl sites for hydroxylation is 2. The van der Waals surface area contributed by atoms with Crippen LogP contribution in [0.4, 0.5) is 0 Å². The zero-order chi connectivity index (χ0) is 18.7. The third kappa shape index (κ3) is 3.91. The molecule has 1 aliphatic rings. The van der Waals surface area contributed by atoms with Crippen molar-refractivity contribution in [3.8, 4) is 0 Å². The molecule has 3 heterocycles. The highest BCUT2D eigenvalue weighted by atomic mass is 16.2. The lowest BCUT2D eigenvalue weighted by Crippen LogP contribution is -2.46. The zero-order valence-electron chi connectivity index (χ0n) is 15.3. The van der Waals surface area contributed by atoms with Crippen LogP contribution >= 0.6 is 0 Å². The molecule has 1 fully saturated rings. The maximum Gasteiger partial charge on any atom is 0.269 e. The van der Waals surface area contributed by atoms with Crippen LogP contribution in [-0.2, 0) is 18.4 Å². The van der Waals surface area contributed by atoms with E-state index in [0.29, 0.717) is 25.3 Å². The number of likely N-dealkylation sites (tertiary alicyclic amines) is 1. The highest BCUT2D eigenvalue weighted by Crippen LogP contribution is 2.20. The minimum Gasteiger partial charge on any atom is -0.359 e. The van der Waals surface area contributed by atoms with Crippen molar-refractivity contribution in [2.75, 3.05) is 20.1 Å². The molecule has 0 spiro atoms. The highest BCUT2D eigenvalue weighted by molar-refractivity contribution is 5.93. The Morgan fingerprint density at radius 1 is 1.35 bits per heavy atom. The van der Waals surface area contributed by atoms with Crippen molar-refractivity contribution >= 4 is 11.8 Å². The van der Waals surface area contributed by atoms with Crippen LogP contribution in [0.5, 0.6) is 0 Å². The van der Waals surface area contributed by atoms with E-state index in [-0.39, 0.29) is 23.8 Å². The predicted octanol–water partition coefficient (Wildman–Crippen LogP) is 0.0999. The maximum absolute atomic E-state index is 12.6. The van der Waals surface area contributed by atoms with E-state index in [1.807, 2.05) is 25.3 Å². The van der Waals surface area contributed by atoms with Gasteiger partial charge in [-0.2, -0.15) is 5.10 Å². The summed E-state index contributed by atoms with van der Waals surface area (Å²) in [6, 6.07) is 5.39. The fourth-order valence-electron chi connectivity index (χ4n) is 3.43. The molecule has 2 atom stereocenters. The molecule has 3 rings (SSSR count). The highest BCUT2D eigenvalue weighted by Gasteiger charge is 2.38. The van der Waals surface area contributed by atoms with Crippen LogP contribution in [0.1, 0.15) is 21.7 Å². The largest absolute Gasteiger partial charge is 0.359 e. The summed E-state index contributed by atoms with van der Waals surface area (Å²) >= 11 is 0. The summed E-state index contributed by atoms with van der Waals surface area (Å²) in [6.45, 7) is 3.73. The molecular weight excluding hydrogens is 332 g/mol. The van der Waals surface area contributed by atoms with Crippen molar-refractivity contribution in [3.05, 3.63) is 47.5 Å². The molecule has 8 heteroatoms. The zero-order valence-corrected chi connectivity index (χ0v) is 15.3. The van der Waals surface area contributed by atoms with Crippen LogP contribution in [0, 0.1) is 12.8 Å². The van der Waals surface area contributed by atoms with E-state index < -0.39 is 0 Å². The average molecular weight is 356 g/mol. The van der Waals surface area contributed by atoms with Crippen molar-refractivity contribution in [1.82, 2.24) is 30.3 Å². The minimum atomic E-state index is -0.296. The lowest BCUT2D eigenvalue weighted by molar-refractivity contribution is -0.124. The Morgan fingerprint density at radius 2 is 2.15 bits per heavy atom. The minimum absolute atomic E-state index is 0.0647. The van der Waals surface area contributed by atoms with Crippen LogP contribution in [0.2, 0.25) is 0 Å². The summed E-state index contributed by atoms with van der Waals surface area (Å²) in [6.07, 6.45) is 3.55. The van der Waals surface area contributed by atoms with Gasteiger partial charge < -0.3 is 10.6 Å². The van der Waals surface area contributed by atoms with Crippen molar-refractivity contribution in [2.24, 2.45) is 13.0 Å². The topological polar surface area (TPSA) is 92.2 Å². The quantitative estimate of drug-likeness (QED) is 0.793. The van der Waals surface area contributed by atoms with Crippen LogP contribution in [-0.4, -0.2) is 57.7 Å². The first-order valence-electron chi connectivity index (χ1n) is 8.62. The van der Waals surface area contributed by atoms with Gasteiger partial charge >= 0.3 is 0 Å². The molecule has 0 aliphatic carbocycles. The molecule has 0 unspecified atom stereocenters.